The molecule has 16 aromatic rings. The molecule has 0 unspecified atom stereocenters. The molecule has 0 N–H and O–H groups in total. The summed E-state index contributed by atoms with van der Waals surface area (Å²) in [6.07, 6.45) is 0. The van der Waals surface area contributed by atoms with Crippen molar-refractivity contribution in [1.29, 1.82) is 0 Å². The number of hydrogen-bond acceptors (Lipinski definition) is 3. The van der Waals surface area contributed by atoms with Crippen LogP contribution in [-0.2, 0) is 0 Å². The molecule has 83 heavy (non-hydrogen) atoms. The van der Waals surface area contributed by atoms with Gasteiger partial charge in [-0.2, -0.15) is 0 Å². The molecule has 0 saturated carbocycles. The van der Waals surface area contributed by atoms with Gasteiger partial charge in [-0.3, -0.25) is 0 Å². The fourth-order valence-corrected chi connectivity index (χ4v) is 13.0. The quantitative estimate of drug-likeness (QED) is 0.127. The van der Waals surface area contributed by atoms with E-state index in [4.69, 9.17) is 4.42 Å². The fourth-order valence-electron chi connectivity index (χ4n) is 13.0. The van der Waals surface area contributed by atoms with Crippen molar-refractivity contribution < 1.29 is 4.42 Å². The monoisotopic (exact) mass is 1060 g/mol. The smallest absolute Gasteiger partial charge is 0.138 e. The van der Waals surface area contributed by atoms with Gasteiger partial charge in [-0.05, 0) is 125 Å². The number of furan rings is 1. The minimum atomic E-state index is 0.850. The lowest BCUT2D eigenvalue weighted by Crippen LogP contribution is -2.12. The number of nitrogens with zero attached hydrogens (tertiary/aromatic N) is 2. The molecular weight excluding hydrogens is 1000 g/mol. The third-order valence-corrected chi connectivity index (χ3v) is 16.8. The largest absolute Gasteiger partial charge is 0.456 e. The molecule has 3 heteroatoms. The summed E-state index contributed by atoms with van der Waals surface area (Å²) < 4.78 is 6.95. The van der Waals surface area contributed by atoms with Crippen LogP contribution in [0.15, 0.2) is 320 Å². The van der Waals surface area contributed by atoms with E-state index in [1.54, 1.807) is 0 Å². The van der Waals surface area contributed by atoms with Gasteiger partial charge in [0.15, 0.2) is 0 Å². The maximum absolute atomic E-state index is 6.95. The second-order valence-electron chi connectivity index (χ2n) is 21.5. The first-order valence-corrected chi connectivity index (χ1v) is 28.5. The van der Waals surface area contributed by atoms with E-state index in [9.17, 15) is 0 Å². The first kappa shape index (κ1) is 48.0. The number of rotatable bonds is 10. The average Bonchev–Trinajstić information content (AvgIpc) is 3.03. The summed E-state index contributed by atoms with van der Waals surface area (Å²) in [5.41, 5.74) is 17.6. The van der Waals surface area contributed by atoms with Crippen molar-refractivity contribution in [2.45, 2.75) is 0 Å². The predicted octanol–water partition coefficient (Wildman–Crippen LogP) is 23.0. The van der Waals surface area contributed by atoms with Gasteiger partial charge in [0.2, 0.25) is 0 Å². The highest BCUT2D eigenvalue weighted by Crippen LogP contribution is 2.52. The summed E-state index contributed by atoms with van der Waals surface area (Å²) in [4.78, 5) is 4.92. The molecule has 388 valence electrons. The molecule has 3 nitrogen and oxygen atoms in total. The first-order valence-electron chi connectivity index (χ1n) is 28.5. The van der Waals surface area contributed by atoms with Crippen LogP contribution in [0.25, 0.3) is 120 Å². The summed E-state index contributed by atoms with van der Waals surface area (Å²) >= 11 is 0. The summed E-state index contributed by atoms with van der Waals surface area (Å²) in [7, 11) is 0. The minimum absolute atomic E-state index is 0.850. The highest BCUT2D eigenvalue weighted by atomic mass is 16.3. The molecule has 1 heterocycles. The summed E-state index contributed by atoms with van der Waals surface area (Å²) in [5.74, 6) is 0. The van der Waals surface area contributed by atoms with E-state index in [0.29, 0.717) is 0 Å². The Hall–Kier alpha value is -11.0. The van der Waals surface area contributed by atoms with E-state index in [2.05, 4.69) is 325 Å². The molecule has 0 fully saturated rings. The van der Waals surface area contributed by atoms with Crippen LogP contribution in [0.2, 0.25) is 0 Å². The highest BCUT2D eigenvalue weighted by molar-refractivity contribution is 6.29. The summed E-state index contributed by atoms with van der Waals surface area (Å²) in [5, 5.41) is 13.9. The Balaban J connectivity index is 0.919. The van der Waals surface area contributed by atoms with Gasteiger partial charge in [0.25, 0.3) is 0 Å². The van der Waals surface area contributed by atoms with Crippen molar-refractivity contribution in [3.05, 3.63) is 315 Å². The van der Waals surface area contributed by atoms with Crippen molar-refractivity contribution in [2.24, 2.45) is 0 Å². The van der Waals surface area contributed by atoms with Crippen LogP contribution in [0.1, 0.15) is 0 Å². The maximum Gasteiger partial charge on any atom is 0.138 e. The lowest BCUT2D eigenvalue weighted by atomic mass is 9.87. The zero-order valence-corrected chi connectivity index (χ0v) is 45.3. The van der Waals surface area contributed by atoms with E-state index in [1.165, 1.54) is 54.9 Å². The van der Waals surface area contributed by atoms with Gasteiger partial charge in [0.1, 0.15) is 11.2 Å². The van der Waals surface area contributed by atoms with Crippen LogP contribution >= 0.6 is 0 Å². The molecule has 0 amide bonds. The topological polar surface area (TPSA) is 19.6 Å². The van der Waals surface area contributed by atoms with Crippen LogP contribution < -0.4 is 9.80 Å². The molecule has 0 atom stereocenters. The van der Waals surface area contributed by atoms with Gasteiger partial charge in [-0.15, -0.1) is 0 Å². The van der Waals surface area contributed by atoms with Crippen LogP contribution in [0.3, 0.4) is 0 Å². The molecule has 0 aliphatic rings. The lowest BCUT2D eigenvalue weighted by molar-refractivity contribution is 0.669. The maximum atomic E-state index is 6.95. The van der Waals surface area contributed by atoms with Crippen molar-refractivity contribution in [3.8, 4) is 44.5 Å². The Bertz CT molecular complexity index is 4970. The van der Waals surface area contributed by atoms with Crippen LogP contribution in [0.5, 0.6) is 0 Å². The van der Waals surface area contributed by atoms with Gasteiger partial charge in [0.05, 0.1) is 17.1 Å². The second-order valence-corrected chi connectivity index (χ2v) is 21.5. The van der Waals surface area contributed by atoms with E-state index < -0.39 is 0 Å². The molecule has 16 rings (SSSR count). The minimum Gasteiger partial charge on any atom is -0.456 e. The fraction of sp³-hybridized carbons (Fsp3) is 0. The van der Waals surface area contributed by atoms with Crippen molar-refractivity contribution >= 4 is 110 Å². The van der Waals surface area contributed by atoms with Crippen LogP contribution in [0.4, 0.5) is 34.1 Å². The molecule has 0 bridgehead atoms. The van der Waals surface area contributed by atoms with Crippen molar-refractivity contribution in [3.63, 3.8) is 0 Å². The highest BCUT2D eigenvalue weighted by Gasteiger charge is 2.27. The standard InChI is InChI=1S/C80H52N2O/c1-4-20-53(21-5-1)56-36-43-60(44-37-56)81(61-45-38-57(39-46-61)54-22-6-2-7-23-54)80-71-34-18-16-32-68(71)77(69-33-17-19-35-72(69)80)70-49-50-73(65-29-13-12-28-64(65)70)82(62-47-40-58(41-48-62)55-24-8-3-9-25-55)74-52-76-79(67-31-15-14-30-66(67)74)78-63-27-11-10-26-59(63)42-51-75(78)83-76/h1-52H. The zero-order chi connectivity index (χ0) is 54.8. The van der Waals surface area contributed by atoms with E-state index >= 15 is 0 Å². The Morgan fingerprint density at radius 2 is 0.614 bits per heavy atom. The average molecular weight is 1060 g/mol. The van der Waals surface area contributed by atoms with Gasteiger partial charge in [-0.25, -0.2) is 0 Å². The normalized spacial score (nSPS) is 11.6. The van der Waals surface area contributed by atoms with E-state index in [-0.39, 0.29) is 0 Å². The molecule has 0 saturated heterocycles. The van der Waals surface area contributed by atoms with Crippen molar-refractivity contribution in [1.82, 2.24) is 0 Å². The number of anilines is 6. The Kier molecular flexibility index (Phi) is 11.5. The molecule has 0 spiro atoms. The van der Waals surface area contributed by atoms with Gasteiger partial charge in [0, 0.05) is 55.4 Å². The second kappa shape index (κ2) is 20.0. The number of hydrogen-bond donors (Lipinski definition) is 0. The van der Waals surface area contributed by atoms with E-state index in [0.717, 1.165) is 99.5 Å². The first-order chi connectivity index (χ1) is 41.2. The molecule has 1 aromatic heterocycles. The summed E-state index contributed by atoms with van der Waals surface area (Å²) in [6, 6.07) is 115. The third-order valence-electron chi connectivity index (χ3n) is 16.8. The molecule has 0 aliphatic carbocycles. The van der Waals surface area contributed by atoms with Gasteiger partial charge < -0.3 is 14.2 Å². The van der Waals surface area contributed by atoms with Gasteiger partial charge >= 0.3 is 0 Å². The SMILES string of the molecule is c1ccc(-c2ccc(N(c3ccc(-c4ccccc4)cc3)c3c4ccccc4c(-c4ccc(N(c5ccc(-c6ccccc6)cc5)c5cc6oc7ccc8ccccc8c7c6c6ccccc56)c5ccccc45)c4ccccc34)cc2)cc1. The van der Waals surface area contributed by atoms with E-state index in [1.807, 2.05) is 0 Å². The third kappa shape index (κ3) is 8.12. The van der Waals surface area contributed by atoms with Crippen LogP contribution in [0, 0.1) is 0 Å². The molecular formula is C80H52N2O. The Morgan fingerprint density at radius 1 is 0.229 bits per heavy atom. The number of fused-ring (bicyclic) bond motifs is 10. The Labute approximate surface area is 481 Å². The zero-order valence-electron chi connectivity index (χ0n) is 45.3. The molecule has 15 aromatic carbocycles. The Morgan fingerprint density at radius 3 is 1.13 bits per heavy atom. The van der Waals surface area contributed by atoms with Crippen molar-refractivity contribution in [2.75, 3.05) is 9.80 Å². The summed E-state index contributed by atoms with van der Waals surface area (Å²) in [6.45, 7) is 0. The number of benzene rings is 15. The van der Waals surface area contributed by atoms with Crippen LogP contribution in [-0.4, -0.2) is 0 Å². The molecule has 0 radical (unpaired) electrons. The van der Waals surface area contributed by atoms with Gasteiger partial charge in [-0.1, -0.05) is 261 Å². The lowest BCUT2D eigenvalue weighted by Gasteiger charge is -2.30. The molecule has 0 aliphatic heterocycles. The predicted molar refractivity (Wildman–Crippen MR) is 352 cm³/mol.